The van der Waals surface area contributed by atoms with E-state index in [1.165, 1.54) is 21.3 Å². The van der Waals surface area contributed by atoms with E-state index in [0.717, 1.165) is 10.9 Å². The van der Waals surface area contributed by atoms with Gasteiger partial charge in [0.25, 0.3) is 0 Å². The summed E-state index contributed by atoms with van der Waals surface area (Å²) in [7, 11) is 0. The van der Waals surface area contributed by atoms with E-state index in [-0.39, 0.29) is 0 Å². The van der Waals surface area contributed by atoms with Crippen LogP contribution in [0.1, 0.15) is 29.5 Å². The van der Waals surface area contributed by atoms with Gasteiger partial charge in [-0.1, -0.05) is 58.4 Å². The van der Waals surface area contributed by atoms with Gasteiger partial charge in [-0.05, 0) is 51.5 Å². The van der Waals surface area contributed by atoms with Gasteiger partial charge in [-0.3, -0.25) is 0 Å². The Bertz CT molecular complexity index is 723. The number of benzene rings is 2. The van der Waals surface area contributed by atoms with E-state index >= 15 is 0 Å². The van der Waals surface area contributed by atoms with Crippen LogP contribution in [-0.2, 0) is 0 Å². The molecule has 1 heterocycles. The van der Waals surface area contributed by atoms with Crippen molar-refractivity contribution >= 4 is 37.5 Å². The average molecular weight is 405 g/mol. The van der Waals surface area contributed by atoms with E-state index in [1.54, 1.807) is 0 Å². The summed E-state index contributed by atoms with van der Waals surface area (Å²) in [5.74, 6) is 1.10. The van der Waals surface area contributed by atoms with E-state index in [9.17, 15) is 0 Å². The minimum absolute atomic E-state index is 0.340. The zero-order valence-electron chi connectivity index (χ0n) is 11.4. The predicted molar refractivity (Wildman–Crippen MR) is 94.6 cm³/mol. The Morgan fingerprint density at radius 1 is 0.905 bits per heavy atom. The molecule has 0 spiro atoms. The summed E-state index contributed by atoms with van der Waals surface area (Å²) in [6.07, 6.45) is 5.84. The second kappa shape index (κ2) is 5.29. The molecule has 4 rings (SSSR count). The van der Waals surface area contributed by atoms with Crippen molar-refractivity contribution in [3.8, 4) is 0 Å². The molecule has 0 saturated carbocycles. The fraction of sp³-hybridized carbons (Fsp3) is 0.222. The third kappa shape index (κ3) is 2.18. The molecule has 3 atom stereocenters. The van der Waals surface area contributed by atoms with Gasteiger partial charge in [-0.15, -0.1) is 0 Å². The Labute approximate surface area is 141 Å². The number of para-hydroxylation sites is 1. The second-order valence-electron chi connectivity index (χ2n) is 5.70. The highest BCUT2D eigenvalue weighted by molar-refractivity contribution is 9.11. The Hall–Kier alpha value is -1.06. The summed E-state index contributed by atoms with van der Waals surface area (Å²) in [6, 6.07) is 15.4. The molecule has 1 aliphatic heterocycles. The molecule has 0 amide bonds. The first-order valence-corrected chi connectivity index (χ1v) is 8.80. The number of fused-ring (bicyclic) bond motifs is 3. The van der Waals surface area contributed by atoms with Crippen molar-refractivity contribution in [2.24, 2.45) is 5.92 Å². The minimum Gasteiger partial charge on any atom is -0.377 e. The van der Waals surface area contributed by atoms with E-state index < -0.39 is 0 Å². The van der Waals surface area contributed by atoms with Crippen LogP contribution in [-0.4, -0.2) is 0 Å². The lowest BCUT2D eigenvalue weighted by Gasteiger charge is -2.38. The van der Waals surface area contributed by atoms with Crippen molar-refractivity contribution in [3.63, 3.8) is 0 Å². The quantitative estimate of drug-likeness (QED) is 0.571. The summed E-state index contributed by atoms with van der Waals surface area (Å²) in [5.41, 5.74) is 4.00. The number of hydrogen-bond acceptors (Lipinski definition) is 1. The van der Waals surface area contributed by atoms with Gasteiger partial charge < -0.3 is 5.32 Å². The monoisotopic (exact) mass is 403 g/mol. The van der Waals surface area contributed by atoms with E-state index in [0.29, 0.717) is 17.9 Å². The molecule has 0 bridgehead atoms. The summed E-state index contributed by atoms with van der Waals surface area (Å²) < 4.78 is 2.33. The molecule has 21 heavy (non-hydrogen) atoms. The summed E-state index contributed by atoms with van der Waals surface area (Å²) in [4.78, 5) is 0. The van der Waals surface area contributed by atoms with Gasteiger partial charge in [0.1, 0.15) is 0 Å². The predicted octanol–water partition coefficient (Wildman–Crippen LogP) is 6.04. The largest absolute Gasteiger partial charge is 0.377 e. The maximum absolute atomic E-state index is 3.78. The van der Waals surface area contributed by atoms with Crippen LogP contribution in [0.15, 0.2) is 63.6 Å². The van der Waals surface area contributed by atoms with Crippen molar-refractivity contribution in [1.29, 1.82) is 0 Å². The summed E-state index contributed by atoms with van der Waals surface area (Å²) in [5, 5.41) is 3.78. The molecule has 106 valence electrons. The van der Waals surface area contributed by atoms with Crippen molar-refractivity contribution in [1.82, 2.24) is 0 Å². The van der Waals surface area contributed by atoms with Crippen molar-refractivity contribution in [3.05, 3.63) is 74.7 Å². The lowest BCUT2D eigenvalue weighted by Crippen LogP contribution is -2.29. The van der Waals surface area contributed by atoms with Crippen molar-refractivity contribution in [2.45, 2.75) is 18.4 Å². The number of anilines is 1. The molecule has 1 aliphatic carbocycles. The number of halogens is 2. The van der Waals surface area contributed by atoms with E-state index in [1.807, 2.05) is 0 Å². The topological polar surface area (TPSA) is 12.0 Å². The average Bonchev–Trinajstić information content (AvgIpc) is 2.97. The molecule has 1 N–H and O–H groups in total. The maximum atomic E-state index is 3.78. The van der Waals surface area contributed by atoms with Crippen molar-refractivity contribution in [2.75, 3.05) is 5.32 Å². The SMILES string of the molecule is Brc1ccccc1[C@@H]1Nc2c(Br)cccc2[C@@H]2C=CC[C@@H]21. The van der Waals surface area contributed by atoms with Crippen LogP contribution >= 0.6 is 31.9 Å². The fourth-order valence-electron chi connectivity index (χ4n) is 3.62. The molecule has 1 nitrogen and oxygen atoms in total. The Morgan fingerprint density at radius 3 is 2.52 bits per heavy atom. The molecule has 0 fully saturated rings. The van der Waals surface area contributed by atoms with Gasteiger partial charge in [0.2, 0.25) is 0 Å². The number of allylic oxidation sites excluding steroid dienone is 2. The normalized spacial score (nSPS) is 26.1. The maximum Gasteiger partial charge on any atom is 0.0565 e. The first-order valence-electron chi connectivity index (χ1n) is 7.22. The Morgan fingerprint density at radius 2 is 1.67 bits per heavy atom. The van der Waals surface area contributed by atoms with Gasteiger partial charge in [-0.25, -0.2) is 0 Å². The standard InChI is InChI=1S/C18H15Br2N/c19-15-9-2-1-5-14(15)17-12-7-3-6-11(12)13-8-4-10-16(20)18(13)21-17/h1-6,8-12,17,21H,7H2/t11-,12+,17-/m1/s1. The number of rotatable bonds is 1. The number of hydrogen-bond donors (Lipinski definition) is 1. The first kappa shape index (κ1) is 13.6. The number of nitrogens with one attached hydrogen (secondary N) is 1. The summed E-state index contributed by atoms with van der Waals surface area (Å²) in [6.45, 7) is 0. The third-order valence-electron chi connectivity index (χ3n) is 4.59. The fourth-order valence-corrected chi connectivity index (χ4v) is 4.65. The third-order valence-corrected chi connectivity index (χ3v) is 5.97. The Balaban J connectivity index is 1.85. The van der Waals surface area contributed by atoms with Gasteiger partial charge in [0, 0.05) is 14.9 Å². The lowest BCUT2D eigenvalue weighted by atomic mass is 9.77. The minimum atomic E-state index is 0.340. The molecule has 2 aromatic rings. The van der Waals surface area contributed by atoms with Crippen LogP contribution in [0.4, 0.5) is 5.69 Å². The van der Waals surface area contributed by atoms with Crippen molar-refractivity contribution < 1.29 is 0 Å². The molecule has 0 unspecified atom stereocenters. The van der Waals surface area contributed by atoms with Crippen LogP contribution in [0.3, 0.4) is 0 Å². The van der Waals surface area contributed by atoms with Gasteiger partial charge in [-0.2, -0.15) is 0 Å². The highest BCUT2D eigenvalue weighted by Crippen LogP contribution is 2.52. The van der Waals surface area contributed by atoms with Crippen LogP contribution < -0.4 is 5.32 Å². The zero-order valence-corrected chi connectivity index (χ0v) is 14.6. The van der Waals surface area contributed by atoms with Crippen LogP contribution in [0, 0.1) is 5.92 Å². The lowest BCUT2D eigenvalue weighted by molar-refractivity contribution is 0.424. The highest BCUT2D eigenvalue weighted by Gasteiger charge is 2.38. The zero-order chi connectivity index (χ0) is 14.4. The van der Waals surface area contributed by atoms with Crippen LogP contribution in [0.5, 0.6) is 0 Å². The molecule has 0 aromatic heterocycles. The molecule has 2 aromatic carbocycles. The van der Waals surface area contributed by atoms with E-state index in [4.69, 9.17) is 0 Å². The highest BCUT2D eigenvalue weighted by atomic mass is 79.9. The van der Waals surface area contributed by atoms with Crippen LogP contribution in [0.25, 0.3) is 0 Å². The smallest absolute Gasteiger partial charge is 0.0565 e. The van der Waals surface area contributed by atoms with Gasteiger partial charge >= 0.3 is 0 Å². The second-order valence-corrected chi connectivity index (χ2v) is 7.41. The molecule has 2 aliphatic rings. The Kier molecular flexibility index (Phi) is 3.43. The molecular formula is C18H15Br2N. The van der Waals surface area contributed by atoms with Crippen LogP contribution in [0.2, 0.25) is 0 Å². The first-order chi connectivity index (χ1) is 10.3. The van der Waals surface area contributed by atoms with Gasteiger partial charge in [0.05, 0.1) is 11.7 Å². The molecule has 0 saturated heterocycles. The summed E-state index contributed by atoms with van der Waals surface area (Å²) >= 11 is 7.41. The van der Waals surface area contributed by atoms with E-state index in [2.05, 4.69) is 91.8 Å². The van der Waals surface area contributed by atoms with Gasteiger partial charge in [0.15, 0.2) is 0 Å². The molecule has 0 radical (unpaired) electrons. The molecule has 3 heteroatoms. The molecular weight excluding hydrogens is 390 g/mol.